The van der Waals surface area contributed by atoms with Crippen LogP contribution in [0.15, 0.2) is 73.1 Å². The second kappa shape index (κ2) is 8.59. The van der Waals surface area contributed by atoms with E-state index in [1.54, 1.807) is 7.11 Å². The van der Waals surface area contributed by atoms with Crippen molar-refractivity contribution in [2.75, 3.05) is 7.11 Å². The highest BCUT2D eigenvalue weighted by Gasteiger charge is 2.17. The summed E-state index contributed by atoms with van der Waals surface area (Å²) in [6.07, 6.45) is 4.30. The molecule has 3 rings (SSSR count). The summed E-state index contributed by atoms with van der Waals surface area (Å²) in [7, 11) is 1.64. The van der Waals surface area contributed by atoms with E-state index in [0.29, 0.717) is 18.0 Å². The summed E-state index contributed by atoms with van der Waals surface area (Å²) >= 11 is 5.89. The highest BCUT2D eigenvalue weighted by molar-refractivity contribution is 6.30. The number of amides is 1. The van der Waals surface area contributed by atoms with Gasteiger partial charge < -0.3 is 14.6 Å². The van der Waals surface area contributed by atoms with E-state index in [0.717, 1.165) is 16.9 Å². The van der Waals surface area contributed by atoms with Crippen LogP contribution < -0.4 is 10.1 Å². The van der Waals surface area contributed by atoms with E-state index >= 15 is 0 Å². The number of ether oxygens (including phenoxy) is 1. The van der Waals surface area contributed by atoms with Crippen LogP contribution in [0.4, 0.5) is 0 Å². The fourth-order valence-electron chi connectivity index (χ4n) is 2.83. The van der Waals surface area contributed by atoms with Crippen molar-refractivity contribution in [1.29, 1.82) is 0 Å². The van der Waals surface area contributed by atoms with Crippen molar-refractivity contribution in [1.82, 2.24) is 9.88 Å². The van der Waals surface area contributed by atoms with Crippen molar-refractivity contribution < 1.29 is 9.53 Å². The van der Waals surface area contributed by atoms with Crippen LogP contribution in [0.5, 0.6) is 5.75 Å². The molecule has 0 unspecified atom stereocenters. The largest absolute Gasteiger partial charge is 0.497 e. The first-order valence-electron chi connectivity index (χ1n) is 8.43. The van der Waals surface area contributed by atoms with Crippen LogP contribution in [-0.2, 0) is 11.3 Å². The number of carbonyl (C=O) groups excluding carboxylic acids is 1. The number of aromatic nitrogens is 1. The molecule has 1 N–H and O–H groups in total. The number of halogens is 1. The molecule has 3 aromatic rings. The molecular weight excluding hydrogens is 348 g/mol. The molecule has 26 heavy (non-hydrogen) atoms. The number of rotatable bonds is 7. The number of nitrogens with one attached hydrogen (secondary N) is 1. The van der Waals surface area contributed by atoms with Gasteiger partial charge in [-0.1, -0.05) is 35.9 Å². The van der Waals surface area contributed by atoms with Gasteiger partial charge in [-0.3, -0.25) is 4.79 Å². The molecule has 0 bridgehead atoms. The summed E-state index contributed by atoms with van der Waals surface area (Å²) in [6.45, 7) is 0.483. The van der Waals surface area contributed by atoms with Crippen LogP contribution in [0.3, 0.4) is 0 Å². The Morgan fingerprint density at radius 3 is 2.35 bits per heavy atom. The van der Waals surface area contributed by atoms with E-state index in [1.165, 1.54) is 0 Å². The second-order valence-corrected chi connectivity index (χ2v) is 6.46. The molecule has 0 aliphatic carbocycles. The molecule has 0 spiro atoms. The quantitative estimate of drug-likeness (QED) is 0.669. The van der Waals surface area contributed by atoms with Crippen molar-refractivity contribution in [2.45, 2.75) is 19.0 Å². The van der Waals surface area contributed by atoms with Crippen LogP contribution >= 0.6 is 11.6 Å². The lowest BCUT2D eigenvalue weighted by atomic mass is 10.0. The number of hydrogen-bond acceptors (Lipinski definition) is 2. The number of carbonyl (C=O) groups is 1. The van der Waals surface area contributed by atoms with Crippen LogP contribution in [0.25, 0.3) is 0 Å². The molecule has 1 atom stereocenters. The first-order chi connectivity index (χ1) is 12.7. The summed E-state index contributed by atoms with van der Waals surface area (Å²) in [5, 5.41) is 3.67. The predicted molar refractivity (Wildman–Crippen MR) is 103 cm³/mol. The average molecular weight is 369 g/mol. The van der Waals surface area contributed by atoms with Gasteiger partial charge in [0.05, 0.1) is 19.6 Å². The minimum Gasteiger partial charge on any atom is -0.497 e. The minimum atomic E-state index is -0.0684. The second-order valence-electron chi connectivity index (χ2n) is 6.03. The predicted octanol–water partition coefficient (Wildman–Crippen LogP) is 4.45. The van der Waals surface area contributed by atoms with Gasteiger partial charge in [0.25, 0.3) is 0 Å². The fourth-order valence-corrected chi connectivity index (χ4v) is 2.95. The zero-order chi connectivity index (χ0) is 18.4. The molecule has 0 saturated heterocycles. The van der Waals surface area contributed by atoms with Gasteiger partial charge in [-0.15, -0.1) is 0 Å². The van der Waals surface area contributed by atoms with Gasteiger partial charge in [-0.25, -0.2) is 0 Å². The summed E-state index contributed by atoms with van der Waals surface area (Å²) in [6, 6.07) is 19.1. The lowest BCUT2D eigenvalue weighted by Gasteiger charge is -2.19. The van der Waals surface area contributed by atoms with E-state index < -0.39 is 0 Å². The molecule has 1 heterocycles. The molecule has 0 radical (unpaired) electrons. The summed E-state index contributed by atoms with van der Waals surface area (Å²) in [5.74, 6) is 0.793. The molecule has 4 nitrogen and oxygen atoms in total. The van der Waals surface area contributed by atoms with Crippen molar-refractivity contribution >= 4 is 17.5 Å². The first kappa shape index (κ1) is 18.1. The van der Waals surface area contributed by atoms with Gasteiger partial charge in [0, 0.05) is 24.0 Å². The molecule has 0 saturated carbocycles. The lowest BCUT2D eigenvalue weighted by Crippen LogP contribution is -2.26. The topological polar surface area (TPSA) is 43.3 Å². The number of benzene rings is 2. The molecule has 0 fully saturated rings. The van der Waals surface area contributed by atoms with E-state index in [2.05, 4.69) is 5.32 Å². The molecule has 1 amide bonds. The fraction of sp³-hybridized carbons (Fsp3) is 0.190. The maximum atomic E-state index is 12.5. The maximum absolute atomic E-state index is 12.5. The molecule has 5 heteroatoms. The van der Waals surface area contributed by atoms with Crippen LogP contribution in [-0.4, -0.2) is 17.6 Å². The molecule has 0 aliphatic rings. The highest BCUT2D eigenvalue weighted by Crippen LogP contribution is 2.24. The number of nitrogens with zero attached hydrogens (tertiary/aromatic N) is 1. The Morgan fingerprint density at radius 2 is 1.73 bits per heavy atom. The Bertz CT molecular complexity index is 827. The van der Waals surface area contributed by atoms with Gasteiger partial charge in [0.15, 0.2) is 0 Å². The Kier molecular flexibility index (Phi) is 5.97. The molecule has 1 aromatic heterocycles. The summed E-state index contributed by atoms with van der Waals surface area (Å²) in [5.41, 5.74) is 2.08. The van der Waals surface area contributed by atoms with E-state index in [4.69, 9.17) is 16.3 Å². The zero-order valence-electron chi connectivity index (χ0n) is 14.6. The van der Waals surface area contributed by atoms with Crippen molar-refractivity contribution in [2.24, 2.45) is 0 Å². The Morgan fingerprint density at radius 1 is 1.08 bits per heavy atom. The van der Waals surface area contributed by atoms with Crippen molar-refractivity contribution in [3.05, 3.63) is 89.2 Å². The van der Waals surface area contributed by atoms with E-state index in [1.807, 2.05) is 77.6 Å². The standard InChI is InChI=1S/C21H21ClN2O2/c1-26-19-10-6-17(7-11-19)20(24-12-2-3-13-24)14-21(25)23-15-16-4-8-18(22)9-5-16/h2-13,20H,14-15H2,1H3,(H,23,25)/t20-/m0/s1. The average Bonchev–Trinajstić information content (AvgIpc) is 3.20. The third kappa shape index (κ3) is 4.67. The van der Waals surface area contributed by atoms with Gasteiger partial charge in [0.1, 0.15) is 5.75 Å². The van der Waals surface area contributed by atoms with Crippen LogP contribution in [0.2, 0.25) is 5.02 Å². The SMILES string of the molecule is COc1ccc([C@H](CC(=O)NCc2ccc(Cl)cc2)n2cccc2)cc1. The van der Waals surface area contributed by atoms with E-state index in [9.17, 15) is 4.79 Å². The normalized spacial score (nSPS) is 11.8. The van der Waals surface area contributed by atoms with Gasteiger partial charge in [-0.05, 0) is 47.5 Å². The maximum Gasteiger partial charge on any atom is 0.222 e. The first-order valence-corrected chi connectivity index (χ1v) is 8.81. The minimum absolute atomic E-state index is 0.00512. The molecule has 0 aliphatic heterocycles. The Balaban J connectivity index is 1.69. The Labute approximate surface area is 158 Å². The number of hydrogen-bond donors (Lipinski definition) is 1. The van der Waals surface area contributed by atoms with Crippen LogP contribution in [0, 0.1) is 0 Å². The van der Waals surface area contributed by atoms with Gasteiger partial charge in [-0.2, -0.15) is 0 Å². The molecular formula is C21H21ClN2O2. The van der Waals surface area contributed by atoms with Crippen molar-refractivity contribution in [3.63, 3.8) is 0 Å². The smallest absolute Gasteiger partial charge is 0.222 e. The lowest BCUT2D eigenvalue weighted by molar-refractivity contribution is -0.121. The van der Waals surface area contributed by atoms with Crippen molar-refractivity contribution in [3.8, 4) is 5.75 Å². The van der Waals surface area contributed by atoms with Crippen LogP contribution in [0.1, 0.15) is 23.6 Å². The third-order valence-electron chi connectivity index (χ3n) is 4.27. The van der Waals surface area contributed by atoms with E-state index in [-0.39, 0.29) is 11.9 Å². The molecule has 134 valence electrons. The molecule has 2 aromatic carbocycles. The summed E-state index contributed by atoms with van der Waals surface area (Å²) < 4.78 is 7.27. The monoisotopic (exact) mass is 368 g/mol. The zero-order valence-corrected chi connectivity index (χ0v) is 15.3. The third-order valence-corrected chi connectivity index (χ3v) is 4.52. The number of methoxy groups -OCH3 is 1. The van der Waals surface area contributed by atoms with Gasteiger partial charge in [0.2, 0.25) is 5.91 Å². The summed E-state index contributed by atoms with van der Waals surface area (Å²) in [4.78, 5) is 12.5. The highest BCUT2D eigenvalue weighted by atomic mass is 35.5. The Hall–Kier alpha value is -2.72. The van der Waals surface area contributed by atoms with Gasteiger partial charge >= 0.3 is 0 Å².